The lowest BCUT2D eigenvalue weighted by Crippen LogP contribution is -2.22. The van der Waals surface area contributed by atoms with Crippen LogP contribution in [0.15, 0.2) is 41.3 Å². The Labute approximate surface area is 109 Å². The second kappa shape index (κ2) is 3.65. The average Bonchev–Trinajstić information content (AvgIpc) is 2.39. The number of rotatable bonds is 0. The SMILES string of the molecule is Nc1ccc2c(c1[S-])C(=O)c1ccccc1C2=O. The first-order valence-electron chi connectivity index (χ1n) is 5.39. The topological polar surface area (TPSA) is 60.2 Å². The molecule has 0 unspecified atom stereocenters. The van der Waals surface area contributed by atoms with Gasteiger partial charge in [0.1, 0.15) is 0 Å². The molecule has 0 aliphatic heterocycles. The van der Waals surface area contributed by atoms with Crippen LogP contribution in [0.2, 0.25) is 0 Å². The van der Waals surface area contributed by atoms with E-state index < -0.39 is 0 Å². The highest BCUT2D eigenvalue weighted by molar-refractivity contribution is 7.59. The Balaban J connectivity index is 2.38. The minimum Gasteiger partial charge on any atom is -0.777 e. The first kappa shape index (κ1) is 10.9. The molecule has 18 heavy (non-hydrogen) atoms. The van der Waals surface area contributed by atoms with Crippen molar-refractivity contribution in [3.63, 3.8) is 0 Å². The monoisotopic (exact) mass is 254 g/mol. The number of nitrogens with two attached hydrogens (primary N) is 1. The van der Waals surface area contributed by atoms with Crippen LogP contribution in [0.25, 0.3) is 0 Å². The number of benzene rings is 2. The highest BCUT2D eigenvalue weighted by Gasteiger charge is 2.29. The highest BCUT2D eigenvalue weighted by atomic mass is 32.1. The van der Waals surface area contributed by atoms with Gasteiger partial charge in [-0.25, -0.2) is 0 Å². The Bertz CT molecular complexity index is 707. The molecule has 0 radical (unpaired) electrons. The zero-order chi connectivity index (χ0) is 12.9. The molecule has 0 spiro atoms. The van der Waals surface area contributed by atoms with Gasteiger partial charge in [0.15, 0.2) is 11.6 Å². The van der Waals surface area contributed by atoms with Crippen LogP contribution in [0.3, 0.4) is 0 Å². The number of hydrogen-bond acceptors (Lipinski definition) is 4. The summed E-state index contributed by atoms with van der Waals surface area (Å²) in [4.78, 5) is 24.9. The van der Waals surface area contributed by atoms with E-state index in [0.29, 0.717) is 22.4 Å². The van der Waals surface area contributed by atoms with Crippen LogP contribution in [0.4, 0.5) is 5.69 Å². The van der Waals surface area contributed by atoms with Gasteiger partial charge in [-0.05, 0) is 12.1 Å². The Morgan fingerprint density at radius 3 is 2.11 bits per heavy atom. The van der Waals surface area contributed by atoms with E-state index in [2.05, 4.69) is 0 Å². The van der Waals surface area contributed by atoms with Gasteiger partial charge in [-0.1, -0.05) is 24.3 Å². The second-order valence-electron chi connectivity index (χ2n) is 4.11. The fourth-order valence-corrected chi connectivity index (χ4v) is 2.44. The van der Waals surface area contributed by atoms with E-state index in [9.17, 15) is 9.59 Å². The van der Waals surface area contributed by atoms with Gasteiger partial charge in [0, 0.05) is 27.9 Å². The van der Waals surface area contributed by atoms with Crippen molar-refractivity contribution in [2.75, 3.05) is 5.73 Å². The summed E-state index contributed by atoms with van der Waals surface area (Å²) in [5, 5.41) is 0. The number of anilines is 1. The molecule has 1 aliphatic rings. The molecule has 4 heteroatoms. The van der Waals surface area contributed by atoms with Crippen molar-refractivity contribution in [3.8, 4) is 0 Å². The maximum absolute atomic E-state index is 12.4. The predicted molar refractivity (Wildman–Crippen MR) is 69.8 cm³/mol. The van der Waals surface area contributed by atoms with Crippen LogP contribution in [-0.4, -0.2) is 11.6 Å². The van der Waals surface area contributed by atoms with Gasteiger partial charge in [0.2, 0.25) is 0 Å². The summed E-state index contributed by atoms with van der Waals surface area (Å²) in [5.74, 6) is -0.399. The van der Waals surface area contributed by atoms with Crippen molar-refractivity contribution in [2.24, 2.45) is 0 Å². The lowest BCUT2D eigenvalue weighted by Gasteiger charge is -2.24. The van der Waals surface area contributed by atoms with Crippen LogP contribution in [-0.2, 0) is 12.6 Å². The summed E-state index contributed by atoms with van der Waals surface area (Å²) in [7, 11) is 0. The quantitative estimate of drug-likeness (QED) is 0.492. The third kappa shape index (κ3) is 1.29. The lowest BCUT2D eigenvalue weighted by atomic mass is 9.84. The maximum atomic E-state index is 12.4. The van der Waals surface area contributed by atoms with Crippen molar-refractivity contribution in [1.82, 2.24) is 0 Å². The summed E-state index contributed by atoms with van der Waals surface area (Å²) in [6.45, 7) is 0. The number of ketones is 2. The summed E-state index contributed by atoms with van der Waals surface area (Å²) in [5.41, 5.74) is 7.48. The summed E-state index contributed by atoms with van der Waals surface area (Å²) < 4.78 is 0. The zero-order valence-electron chi connectivity index (χ0n) is 9.27. The highest BCUT2D eigenvalue weighted by Crippen LogP contribution is 2.31. The maximum Gasteiger partial charge on any atom is 0.194 e. The number of hydrogen-bond donors (Lipinski definition) is 1. The number of nitrogen functional groups attached to an aromatic ring is 1. The Morgan fingerprint density at radius 2 is 1.44 bits per heavy atom. The Morgan fingerprint density at radius 1 is 0.833 bits per heavy atom. The molecule has 0 saturated carbocycles. The third-order valence-corrected chi connectivity index (χ3v) is 3.52. The fraction of sp³-hybridized carbons (Fsp3) is 0. The minimum absolute atomic E-state index is 0.175. The molecular formula is C14H8NO2S-. The van der Waals surface area contributed by atoms with Crippen LogP contribution < -0.4 is 5.73 Å². The minimum atomic E-state index is -0.225. The molecular weight excluding hydrogens is 246 g/mol. The third-order valence-electron chi connectivity index (χ3n) is 3.08. The zero-order valence-corrected chi connectivity index (χ0v) is 10.1. The molecule has 3 rings (SSSR count). The molecule has 0 fully saturated rings. The molecule has 0 saturated heterocycles. The smallest absolute Gasteiger partial charge is 0.194 e. The number of carbonyl (C=O) groups excluding carboxylic acids is 2. The van der Waals surface area contributed by atoms with Crippen molar-refractivity contribution >= 4 is 29.9 Å². The fourth-order valence-electron chi connectivity index (χ4n) is 2.17. The molecule has 0 aromatic heterocycles. The van der Waals surface area contributed by atoms with Crippen molar-refractivity contribution in [2.45, 2.75) is 4.90 Å². The van der Waals surface area contributed by atoms with E-state index in [1.165, 1.54) is 0 Å². The van der Waals surface area contributed by atoms with Crippen LogP contribution in [0.1, 0.15) is 31.8 Å². The van der Waals surface area contributed by atoms with E-state index >= 15 is 0 Å². The average molecular weight is 254 g/mol. The first-order valence-corrected chi connectivity index (χ1v) is 5.80. The van der Waals surface area contributed by atoms with Gasteiger partial charge in [-0.3, -0.25) is 9.59 Å². The number of carbonyl (C=O) groups is 2. The molecule has 2 N–H and O–H groups in total. The van der Waals surface area contributed by atoms with Gasteiger partial charge < -0.3 is 18.4 Å². The number of fused-ring (bicyclic) bond motifs is 2. The van der Waals surface area contributed by atoms with E-state index in [0.717, 1.165) is 0 Å². The van der Waals surface area contributed by atoms with Crippen molar-refractivity contribution in [3.05, 3.63) is 58.7 Å². The van der Waals surface area contributed by atoms with Gasteiger partial charge in [-0.15, -0.1) is 4.90 Å². The van der Waals surface area contributed by atoms with E-state index in [-0.39, 0.29) is 22.0 Å². The van der Waals surface area contributed by atoms with Crippen LogP contribution in [0, 0.1) is 0 Å². The normalized spacial score (nSPS) is 13.1. The van der Waals surface area contributed by atoms with Gasteiger partial charge in [0.25, 0.3) is 0 Å². The lowest BCUT2D eigenvalue weighted by molar-refractivity contribution is 0.0977. The van der Waals surface area contributed by atoms with E-state index in [1.807, 2.05) is 0 Å². The summed E-state index contributed by atoms with van der Waals surface area (Å²) in [6, 6.07) is 9.89. The van der Waals surface area contributed by atoms with Gasteiger partial charge in [0.05, 0.1) is 0 Å². The largest absolute Gasteiger partial charge is 0.777 e. The molecule has 0 amide bonds. The van der Waals surface area contributed by atoms with Gasteiger partial charge >= 0.3 is 0 Å². The molecule has 0 atom stereocenters. The van der Waals surface area contributed by atoms with Crippen molar-refractivity contribution < 1.29 is 9.59 Å². The molecule has 3 nitrogen and oxygen atoms in total. The Hall–Kier alpha value is -2.20. The first-order chi connectivity index (χ1) is 8.61. The van der Waals surface area contributed by atoms with Crippen LogP contribution in [0.5, 0.6) is 0 Å². The van der Waals surface area contributed by atoms with E-state index in [4.69, 9.17) is 18.4 Å². The second-order valence-corrected chi connectivity index (χ2v) is 4.52. The predicted octanol–water partition coefficient (Wildman–Crippen LogP) is 1.95. The van der Waals surface area contributed by atoms with Crippen LogP contribution >= 0.6 is 0 Å². The molecule has 2 aromatic carbocycles. The summed E-state index contributed by atoms with van der Waals surface area (Å²) in [6.07, 6.45) is 0. The summed E-state index contributed by atoms with van der Waals surface area (Å²) >= 11 is 5.14. The molecule has 88 valence electrons. The Kier molecular flexibility index (Phi) is 2.21. The molecule has 0 bridgehead atoms. The molecule has 0 heterocycles. The van der Waals surface area contributed by atoms with Crippen molar-refractivity contribution in [1.29, 1.82) is 0 Å². The molecule has 1 aliphatic carbocycles. The standard InChI is InChI=1S/C14H9NO2S/c15-10-6-5-9-11(14(10)18)13(17)8-4-2-1-3-7(8)12(9)16/h1-6,18H,15H2/p-1. The van der Waals surface area contributed by atoms with E-state index in [1.54, 1.807) is 36.4 Å². The molecule has 2 aromatic rings. The van der Waals surface area contributed by atoms with Gasteiger partial charge in [-0.2, -0.15) is 0 Å².